The SMILES string of the molecule is CCNc1ccnc(C(=O)NCCOC(N)=O)c1. The van der Waals surface area contributed by atoms with Crippen LogP contribution in [0.4, 0.5) is 10.5 Å². The van der Waals surface area contributed by atoms with E-state index in [0.29, 0.717) is 5.69 Å². The van der Waals surface area contributed by atoms with Crippen LogP contribution in [0.15, 0.2) is 18.3 Å². The van der Waals surface area contributed by atoms with Gasteiger partial charge in [0.05, 0.1) is 6.54 Å². The molecule has 1 aromatic heterocycles. The lowest BCUT2D eigenvalue weighted by molar-refractivity contribution is 0.0932. The van der Waals surface area contributed by atoms with E-state index in [1.54, 1.807) is 18.3 Å². The van der Waals surface area contributed by atoms with Gasteiger partial charge in [-0.1, -0.05) is 0 Å². The molecule has 0 spiro atoms. The standard InChI is InChI=1S/C11H16N4O3/c1-2-13-8-3-4-14-9(7-8)10(16)15-5-6-18-11(12)17/h3-4,7H,2,5-6H2,1H3,(H2,12,17)(H,13,14)(H,15,16). The van der Waals surface area contributed by atoms with Gasteiger partial charge in [-0.25, -0.2) is 4.79 Å². The van der Waals surface area contributed by atoms with Crippen molar-refractivity contribution in [3.8, 4) is 0 Å². The van der Waals surface area contributed by atoms with Gasteiger partial charge in [0.25, 0.3) is 5.91 Å². The van der Waals surface area contributed by atoms with E-state index in [0.717, 1.165) is 12.2 Å². The number of hydrogen-bond donors (Lipinski definition) is 3. The van der Waals surface area contributed by atoms with Gasteiger partial charge in [-0.05, 0) is 19.1 Å². The number of primary amides is 1. The molecule has 2 amide bonds. The third-order valence-electron chi connectivity index (χ3n) is 2.01. The number of nitrogens with two attached hydrogens (primary N) is 1. The van der Waals surface area contributed by atoms with Crippen molar-refractivity contribution < 1.29 is 14.3 Å². The summed E-state index contributed by atoms with van der Waals surface area (Å²) in [6.07, 6.45) is 0.684. The minimum atomic E-state index is -0.864. The van der Waals surface area contributed by atoms with Gasteiger partial charge < -0.3 is 21.1 Å². The number of carbonyl (C=O) groups excluding carboxylic acids is 2. The Morgan fingerprint density at radius 3 is 2.94 bits per heavy atom. The fraction of sp³-hybridized carbons (Fsp3) is 0.364. The quantitative estimate of drug-likeness (QED) is 0.633. The maximum atomic E-state index is 11.7. The summed E-state index contributed by atoms with van der Waals surface area (Å²) in [5.74, 6) is -0.331. The zero-order chi connectivity index (χ0) is 13.4. The largest absolute Gasteiger partial charge is 0.448 e. The highest BCUT2D eigenvalue weighted by atomic mass is 16.5. The Labute approximate surface area is 105 Å². The number of nitrogens with zero attached hydrogens (tertiary/aromatic N) is 1. The molecule has 7 nitrogen and oxygen atoms in total. The predicted octanol–water partition coefficient (Wildman–Crippen LogP) is 0.338. The van der Waals surface area contributed by atoms with Gasteiger partial charge >= 0.3 is 6.09 Å². The Morgan fingerprint density at radius 2 is 2.28 bits per heavy atom. The molecular weight excluding hydrogens is 236 g/mol. The Kier molecular flexibility index (Phi) is 5.43. The highest BCUT2D eigenvalue weighted by Crippen LogP contribution is 2.07. The Balaban J connectivity index is 2.45. The molecule has 1 rings (SSSR count). The average molecular weight is 252 g/mol. The molecule has 0 aliphatic heterocycles. The van der Waals surface area contributed by atoms with Crippen LogP contribution in [-0.2, 0) is 4.74 Å². The number of ether oxygens (including phenoxy) is 1. The molecular formula is C11H16N4O3. The summed E-state index contributed by atoms with van der Waals surface area (Å²) < 4.78 is 4.48. The lowest BCUT2D eigenvalue weighted by atomic mass is 10.3. The fourth-order valence-electron chi connectivity index (χ4n) is 1.28. The normalized spacial score (nSPS) is 9.61. The van der Waals surface area contributed by atoms with Gasteiger partial charge in [-0.15, -0.1) is 0 Å². The fourth-order valence-corrected chi connectivity index (χ4v) is 1.28. The smallest absolute Gasteiger partial charge is 0.404 e. The Bertz CT molecular complexity index is 423. The van der Waals surface area contributed by atoms with Crippen LogP contribution in [0, 0.1) is 0 Å². The molecule has 7 heteroatoms. The zero-order valence-electron chi connectivity index (χ0n) is 10.1. The Hall–Kier alpha value is -2.31. The minimum Gasteiger partial charge on any atom is -0.448 e. The molecule has 18 heavy (non-hydrogen) atoms. The zero-order valence-corrected chi connectivity index (χ0v) is 10.1. The first-order chi connectivity index (χ1) is 8.63. The van der Waals surface area contributed by atoms with Crippen molar-refractivity contribution in [3.05, 3.63) is 24.0 Å². The highest BCUT2D eigenvalue weighted by molar-refractivity contribution is 5.93. The van der Waals surface area contributed by atoms with Crippen molar-refractivity contribution in [1.29, 1.82) is 0 Å². The summed E-state index contributed by atoms with van der Waals surface area (Å²) in [6.45, 7) is 2.95. The topological polar surface area (TPSA) is 106 Å². The van der Waals surface area contributed by atoms with E-state index in [1.807, 2.05) is 6.92 Å². The first kappa shape index (κ1) is 13.8. The summed E-state index contributed by atoms with van der Waals surface area (Å²) >= 11 is 0. The van der Waals surface area contributed by atoms with E-state index < -0.39 is 6.09 Å². The first-order valence-corrected chi connectivity index (χ1v) is 5.54. The van der Waals surface area contributed by atoms with Gasteiger partial charge in [-0.2, -0.15) is 0 Å². The lowest BCUT2D eigenvalue weighted by Crippen LogP contribution is -2.29. The molecule has 0 saturated heterocycles. The van der Waals surface area contributed by atoms with Crippen LogP contribution in [0.3, 0.4) is 0 Å². The van der Waals surface area contributed by atoms with Crippen LogP contribution in [0.1, 0.15) is 17.4 Å². The minimum absolute atomic E-state index is 0.0357. The molecule has 4 N–H and O–H groups in total. The van der Waals surface area contributed by atoms with Crippen molar-refractivity contribution in [2.75, 3.05) is 25.0 Å². The molecule has 0 aliphatic carbocycles. The molecule has 0 bridgehead atoms. The van der Waals surface area contributed by atoms with Crippen LogP contribution in [0.5, 0.6) is 0 Å². The number of rotatable bonds is 6. The Morgan fingerprint density at radius 1 is 1.50 bits per heavy atom. The highest BCUT2D eigenvalue weighted by Gasteiger charge is 2.07. The summed E-state index contributed by atoms with van der Waals surface area (Å²) in [7, 11) is 0. The number of pyridine rings is 1. The molecule has 0 fully saturated rings. The lowest BCUT2D eigenvalue weighted by Gasteiger charge is -2.07. The van der Waals surface area contributed by atoms with Gasteiger partial charge in [0.2, 0.25) is 0 Å². The summed E-state index contributed by atoms with van der Waals surface area (Å²) in [5.41, 5.74) is 5.90. The molecule has 98 valence electrons. The number of nitrogens with one attached hydrogen (secondary N) is 2. The number of anilines is 1. The van der Waals surface area contributed by atoms with E-state index in [4.69, 9.17) is 5.73 Å². The van der Waals surface area contributed by atoms with Crippen LogP contribution in [0.25, 0.3) is 0 Å². The van der Waals surface area contributed by atoms with Gasteiger partial charge in [0.1, 0.15) is 12.3 Å². The van der Waals surface area contributed by atoms with Crippen molar-refractivity contribution in [3.63, 3.8) is 0 Å². The van der Waals surface area contributed by atoms with Gasteiger partial charge in [0.15, 0.2) is 0 Å². The van der Waals surface area contributed by atoms with Crippen molar-refractivity contribution in [2.45, 2.75) is 6.92 Å². The van der Waals surface area contributed by atoms with Crippen molar-refractivity contribution in [1.82, 2.24) is 10.3 Å². The number of carbonyl (C=O) groups is 2. The van der Waals surface area contributed by atoms with Crippen molar-refractivity contribution >= 4 is 17.7 Å². The molecule has 1 heterocycles. The van der Waals surface area contributed by atoms with Crippen LogP contribution >= 0.6 is 0 Å². The predicted molar refractivity (Wildman–Crippen MR) is 66.3 cm³/mol. The third-order valence-corrected chi connectivity index (χ3v) is 2.01. The number of aromatic nitrogens is 1. The van der Waals surface area contributed by atoms with Gasteiger partial charge in [0, 0.05) is 18.4 Å². The summed E-state index contributed by atoms with van der Waals surface area (Å²) in [6, 6.07) is 3.42. The third kappa shape index (κ3) is 4.69. The van der Waals surface area contributed by atoms with E-state index in [-0.39, 0.29) is 19.1 Å². The van der Waals surface area contributed by atoms with Gasteiger partial charge in [-0.3, -0.25) is 9.78 Å². The maximum absolute atomic E-state index is 11.7. The maximum Gasteiger partial charge on any atom is 0.404 e. The second-order valence-electron chi connectivity index (χ2n) is 3.38. The van der Waals surface area contributed by atoms with Crippen LogP contribution in [-0.4, -0.2) is 36.7 Å². The van der Waals surface area contributed by atoms with E-state index in [2.05, 4.69) is 20.4 Å². The molecule has 0 atom stereocenters. The monoisotopic (exact) mass is 252 g/mol. The van der Waals surface area contributed by atoms with Crippen LogP contribution < -0.4 is 16.4 Å². The number of amides is 2. The molecule has 0 saturated carbocycles. The van der Waals surface area contributed by atoms with E-state index in [1.165, 1.54) is 0 Å². The molecule has 0 radical (unpaired) electrons. The van der Waals surface area contributed by atoms with Crippen molar-refractivity contribution in [2.24, 2.45) is 5.73 Å². The van der Waals surface area contributed by atoms with E-state index in [9.17, 15) is 9.59 Å². The number of hydrogen-bond acceptors (Lipinski definition) is 5. The molecule has 0 aromatic carbocycles. The second kappa shape index (κ2) is 7.10. The molecule has 1 aromatic rings. The second-order valence-corrected chi connectivity index (χ2v) is 3.38. The first-order valence-electron chi connectivity index (χ1n) is 5.54. The average Bonchev–Trinajstić information content (AvgIpc) is 2.35. The van der Waals surface area contributed by atoms with Crippen LogP contribution in [0.2, 0.25) is 0 Å². The molecule has 0 unspecified atom stereocenters. The summed E-state index contributed by atoms with van der Waals surface area (Å²) in [4.78, 5) is 25.9. The van der Waals surface area contributed by atoms with E-state index >= 15 is 0 Å². The summed E-state index contributed by atoms with van der Waals surface area (Å²) in [5, 5.41) is 5.64. The molecule has 0 aliphatic rings.